The summed E-state index contributed by atoms with van der Waals surface area (Å²) in [4.78, 5) is 6.60. The molecule has 0 aliphatic heterocycles. The van der Waals surface area contributed by atoms with Crippen LogP contribution in [0, 0.1) is 0 Å². The minimum absolute atomic E-state index is 0.602. The number of hydrogen-bond donors (Lipinski definition) is 2. The second-order valence-corrected chi connectivity index (χ2v) is 5.40. The number of ether oxygens (including phenoxy) is 1. The summed E-state index contributed by atoms with van der Waals surface area (Å²) in [7, 11) is 5.63. The third kappa shape index (κ3) is 5.93. The van der Waals surface area contributed by atoms with Crippen LogP contribution < -0.4 is 15.4 Å². The maximum atomic E-state index is 5.36. The van der Waals surface area contributed by atoms with E-state index >= 15 is 0 Å². The van der Waals surface area contributed by atoms with E-state index in [0.717, 1.165) is 36.8 Å². The van der Waals surface area contributed by atoms with E-state index in [-0.39, 0.29) is 0 Å². The zero-order valence-corrected chi connectivity index (χ0v) is 14.5. The largest absolute Gasteiger partial charge is 0.496 e. The van der Waals surface area contributed by atoms with Crippen LogP contribution in [0.3, 0.4) is 0 Å². The molecule has 1 aromatic carbocycles. The molecular formula is C17H30N4O. The zero-order chi connectivity index (χ0) is 16.4. The van der Waals surface area contributed by atoms with Crippen molar-refractivity contribution < 1.29 is 4.74 Å². The summed E-state index contributed by atoms with van der Waals surface area (Å²) < 4.78 is 5.36. The van der Waals surface area contributed by atoms with Crippen LogP contribution in [0.1, 0.15) is 25.8 Å². The van der Waals surface area contributed by atoms with Crippen LogP contribution in [0.5, 0.6) is 5.75 Å². The van der Waals surface area contributed by atoms with Crippen LogP contribution in [0.2, 0.25) is 0 Å². The predicted octanol–water partition coefficient (Wildman–Crippen LogP) is 2.09. The first-order chi connectivity index (χ1) is 10.6. The molecule has 1 rings (SSSR count). The predicted molar refractivity (Wildman–Crippen MR) is 93.6 cm³/mol. The Hall–Kier alpha value is -1.75. The molecule has 0 spiro atoms. The van der Waals surface area contributed by atoms with Gasteiger partial charge in [0.25, 0.3) is 0 Å². The second kappa shape index (κ2) is 10.1. The van der Waals surface area contributed by atoms with E-state index in [4.69, 9.17) is 4.74 Å². The molecule has 1 aromatic rings. The van der Waals surface area contributed by atoms with Gasteiger partial charge in [-0.1, -0.05) is 25.1 Å². The SMILES string of the molecule is CCC(C)N(C)CCNC(=NC)NCc1ccccc1OC. The average Bonchev–Trinajstić information content (AvgIpc) is 2.57. The highest BCUT2D eigenvalue weighted by Crippen LogP contribution is 2.16. The molecule has 0 aromatic heterocycles. The van der Waals surface area contributed by atoms with Crippen molar-refractivity contribution in [3.63, 3.8) is 0 Å². The molecule has 0 aliphatic rings. The Morgan fingerprint density at radius 2 is 2.05 bits per heavy atom. The molecule has 0 radical (unpaired) electrons. The van der Waals surface area contributed by atoms with Gasteiger partial charge in [0.05, 0.1) is 7.11 Å². The molecule has 0 aliphatic carbocycles. The van der Waals surface area contributed by atoms with Crippen LogP contribution in [0.25, 0.3) is 0 Å². The Kier molecular flexibility index (Phi) is 8.36. The molecular weight excluding hydrogens is 276 g/mol. The van der Waals surface area contributed by atoms with Crippen molar-refractivity contribution in [1.29, 1.82) is 0 Å². The van der Waals surface area contributed by atoms with Crippen LogP contribution in [-0.4, -0.2) is 51.2 Å². The fourth-order valence-corrected chi connectivity index (χ4v) is 2.13. The highest BCUT2D eigenvalue weighted by Gasteiger charge is 2.07. The minimum Gasteiger partial charge on any atom is -0.496 e. The molecule has 0 fully saturated rings. The third-order valence-electron chi connectivity index (χ3n) is 3.96. The molecule has 0 saturated carbocycles. The zero-order valence-electron chi connectivity index (χ0n) is 14.5. The van der Waals surface area contributed by atoms with Gasteiger partial charge in [0.15, 0.2) is 5.96 Å². The molecule has 1 unspecified atom stereocenters. The first-order valence-electron chi connectivity index (χ1n) is 7.89. The number of para-hydroxylation sites is 1. The molecule has 0 saturated heterocycles. The van der Waals surface area contributed by atoms with E-state index < -0.39 is 0 Å². The Labute approximate surface area is 134 Å². The van der Waals surface area contributed by atoms with Gasteiger partial charge in [-0.05, 0) is 26.5 Å². The molecule has 5 nitrogen and oxygen atoms in total. The van der Waals surface area contributed by atoms with Gasteiger partial charge < -0.3 is 20.3 Å². The first kappa shape index (κ1) is 18.3. The quantitative estimate of drug-likeness (QED) is 0.570. The van der Waals surface area contributed by atoms with Gasteiger partial charge in [-0.15, -0.1) is 0 Å². The van der Waals surface area contributed by atoms with E-state index in [2.05, 4.69) is 47.5 Å². The van der Waals surface area contributed by atoms with Crippen LogP contribution in [0.4, 0.5) is 0 Å². The van der Waals surface area contributed by atoms with Crippen molar-refractivity contribution in [3.05, 3.63) is 29.8 Å². The number of hydrogen-bond acceptors (Lipinski definition) is 3. The summed E-state index contributed by atoms with van der Waals surface area (Å²) >= 11 is 0. The number of aliphatic imine (C=N–C) groups is 1. The maximum absolute atomic E-state index is 5.36. The van der Waals surface area contributed by atoms with Gasteiger partial charge in [-0.25, -0.2) is 0 Å². The molecule has 0 heterocycles. The standard InChI is InChI=1S/C17H30N4O/c1-6-14(2)21(4)12-11-19-17(18-3)20-13-15-9-7-8-10-16(15)22-5/h7-10,14H,6,11-13H2,1-5H3,(H2,18,19,20). The lowest BCUT2D eigenvalue weighted by atomic mass is 10.2. The summed E-state index contributed by atoms with van der Waals surface area (Å²) in [6, 6.07) is 8.60. The Morgan fingerprint density at radius 1 is 1.32 bits per heavy atom. The van der Waals surface area contributed by atoms with E-state index in [1.54, 1.807) is 14.2 Å². The summed E-state index contributed by atoms with van der Waals surface area (Å²) in [5.74, 6) is 1.70. The molecule has 2 N–H and O–H groups in total. The molecule has 22 heavy (non-hydrogen) atoms. The van der Waals surface area contributed by atoms with Crippen LogP contribution in [0.15, 0.2) is 29.3 Å². The number of benzene rings is 1. The lowest BCUT2D eigenvalue weighted by Gasteiger charge is -2.24. The van der Waals surface area contributed by atoms with Gasteiger partial charge in [0, 0.05) is 38.3 Å². The fraction of sp³-hybridized carbons (Fsp3) is 0.588. The smallest absolute Gasteiger partial charge is 0.191 e. The topological polar surface area (TPSA) is 48.9 Å². The molecule has 0 amide bonds. The van der Waals surface area contributed by atoms with Crippen molar-refractivity contribution in [1.82, 2.24) is 15.5 Å². The number of rotatable bonds is 8. The number of nitrogens with zero attached hydrogens (tertiary/aromatic N) is 2. The normalized spacial score (nSPS) is 13.1. The number of likely N-dealkylation sites (N-methyl/N-ethyl adjacent to an activating group) is 1. The lowest BCUT2D eigenvalue weighted by molar-refractivity contribution is 0.255. The third-order valence-corrected chi connectivity index (χ3v) is 3.96. The summed E-state index contributed by atoms with van der Waals surface area (Å²) in [5, 5.41) is 6.66. The molecule has 1 atom stereocenters. The fourth-order valence-electron chi connectivity index (χ4n) is 2.13. The first-order valence-corrected chi connectivity index (χ1v) is 7.89. The maximum Gasteiger partial charge on any atom is 0.191 e. The second-order valence-electron chi connectivity index (χ2n) is 5.40. The van der Waals surface area contributed by atoms with E-state index in [1.165, 1.54) is 0 Å². The number of methoxy groups -OCH3 is 1. The van der Waals surface area contributed by atoms with Crippen molar-refractivity contribution in [3.8, 4) is 5.75 Å². The Morgan fingerprint density at radius 3 is 2.68 bits per heavy atom. The van der Waals surface area contributed by atoms with Gasteiger partial charge in [0.2, 0.25) is 0 Å². The number of nitrogens with one attached hydrogen (secondary N) is 2. The summed E-state index contributed by atoms with van der Waals surface area (Å²) in [5.41, 5.74) is 1.12. The average molecular weight is 306 g/mol. The molecule has 5 heteroatoms. The van der Waals surface area contributed by atoms with Crippen molar-refractivity contribution in [2.24, 2.45) is 4.99 Å². The highest BCUT2D eigenvalue weighted by molar-refractivity contribution is 5.79. The lowest BCUT2D eigenvalue weighted by Crippen LogP contribution is -2.42. The van der Waals surface area contributed by atoms with E-state index in [0.29, 0.717) is 12.6 Å². The summed E-state index contributed by atoms with van der Waals surface area (Å²) in [6.07, 6.45) is 1.16. The van der Waals surface area contributed by atoms with Gasteiger partial charge >= 0.3 is 0 Å². The monoisotopic (exact) mass is 306 g/mol. The van der Waals surface area contributed by atoms with Crippen molar-refractivity contribution in [2.75, 3.05) is 34.3 Å². The van der Waals surface area contributed by atoms with E-state index in [1.807, 2.05) is 18.2 Å². The molecule has 124 valence electrons. The minimum atomic E-state index is 0.602. The van der Waals surface area contributed by atoms with Crippen LogP contribution >= 0.6 is 0 Å². The van der Waals surface area contributed by atoms with Gasteiger partial charge in [0.1, 0.15) is 5.75 Å². The van der Waals surface area contributed by atoms with Crippen molar-refractivity contribution >= 4 is 5.96 Å². The van der Waals surface area contributed by atoms with Gasteiger partial charge in [-0.2, -0.15) is 0 Å². The highest BCUT2D eigenvalue weighted by atomic mass is 16.5. The Balaban J connectivity index is 2.40. The van der Waals surface area contributed by atoms with Gasteiger partial charge in [-0.3, -0.25) is 4.99 Å². The number of guanidine groups is 1. The molecule has 0 bridgehead atoms. The van der Waals surface area contributed by atoms with Crippen molar-refractivity contribution in [2.45, 2.75) is 32.9 Å². The van der Waals surface area contributed by atoms with Crippen LogP contribution in [-0.2, 0) is 6.54 Å². The summed E-state index contributed by atoms with van der Waals surface area (Å²) in [6.45, 7) is 7.00. The van der Waals surface area contributed by atoms with E-state index in [9.17, 15) is 0 Å². The Bertz CT molecular complexity index is 462.